The fourth-order valence-corrected chi connectivity index (χ4v) is 4.31. The summed E-state index contributed by atoms with van der Waals surface area (Å²) >= 11 is 7.30. The van der Waals surface area contributed by atoms with Crippen LogP contribution in [0.3, 0.4) is 0 Å². The van der Waals surface area contributed by atoms with Gasteiger partial charge in [0.25, 0.3) is 11.7 Å². The summed E-state index contributed by atoms with van der Waals surface area (Å²) in [6.07, 6.45) is 0. The molecule has 1 saturated heterocycles. The van der Waals surface area contributed by atoms with Crippen molar-refractivity contribution in [1.82, 2.24) is 4.90 Å². The first-order valence-corrected chi connectivity index (χ1v) is 10.0. The van der Waals surface area contributed by atoms with Crippen molar-refractivity contribution >= 4 is 40.4 Å². The molecule has 4 nitrogen and oxygen atoms in total. The predicted molar refractivity (Wildman–Crippen MR) is 110 cm³/mol. The van der Waals surface area contributed by atoms with Gasteiger partial charge in [0.05, 0.1) is 11.6 Å². The fourth-order valence-electron chi connectivity index (χ4n) is 3.34. The van der Waals surface area contributed by atoms with Crippen molar-refractivity contribution in [3.05, 3.63) is 98.5 Å². The molecule has 2 aromatic carbocycles. The van der Waals surface area contributed by atoms with E-state index in [0.717, 1.165) is 4.88 Å². The third kappa shape index (κ3) is 3.69. The number of aliphatic hydroxyl groups is 1. The van der Waals surface area contributed by atoms with E-state index in [2.05, 4.69) is 0 Å². The molecule has 2 heterocycles. The smallest absolute Gasteiger partial charge is 0.295 e. The second-order valence-corrected chi connectivity index (χ2v) is 7.99. The summed E-state index contributed by atoms with van der Waals surface area (Å²) in [4.78, 5) is 27.8. The van der Waals surface area contributed by atoms with Gasteiger partial charge in [-0.1, -0.05) is 29.8 Å². The first kappa shape index (κ1) is 19.4. The minimum absolute atomic E-state index is 0.0295. The van der Waals surface area contributed by atoms with Gasteiger partial charge in [0, 0.05) is 22.0 Å². The van der Waals surface area contributed by atoms with Gasteiger partial charge in [-0.25, -0.2) is 4.39 Å². The lowest BCUT2D eigenvalue weighted by Gasteiger charge is -2.24. The van der Waals surface area contributed by atoms with E-state index in [1.165, 1.54) is 28.4 Å². The Kier molecular flexibility index (Phi) is 5.22. The van der Waals surface area contributed by atoms with E-state index in [1.807, 2.05) is 17.5 Å². The molecular formula is C22H15ClFNO3S. The van der Waals surface area contributed by atoms with Crippen LogP contribution in [0.4, 0.5) is 4.39 Å². The van der Waals surface area contributed by atoms with Crippen LogP contribution in [0.15, 0.2) is 71.6 Å². The number of hydrogen-bond donors (Lipinski definition) is 1. The molecule has 0 aliphatic carbocycles. The molecule has 0 bridgehead atoms. The van der Waals surface area contributed by atoms with Crippen LogP contribution in [0.2, 0.25) is 5.02 Å². The third-order valence-electron chi connectivity index (χ3n) is 4.74. The monoisotopic (exact) mass is 427 g/mol. The third-order valence-corrected chi connectivity index (χ3v) is 5.91. The molecule has 146 valence electrons. The molecule has 1 N–H and O–H groups in total. The van der Waals surface area contributed by atoms with Crippen molar-refractivity contribution < 1.29 is 19.1 Å². The lowest BCUT2D eigenvalue weighted by Crippen LogP contribution is -2.28. The van der Waals surface area contributed by atoms with Crippen molar-refractivity contribution in [2.45, 2.75) is 12.6 Å². The normalized spacial score (nSPS) is 18.4. The van der Waals surface area contributed by atoms with Crippen LogP contribution in [-0.4, -0.2) is 21.7 Å². The number of thiophene rings is 1. The first-order chi connectivity index (χ1) is 14.0. The number of likely N-dealkylation sites (tertiary alicyclic amines) is 1. The Morgan fingerprint density at radius 2 is 1.76 bits per heavy atom. The summed E-state index contributed by atoms with van der Waals surface area (Å²) in [6, 6.07) is 15.0. The zero-order chi connectivity index (χ0) is 20.5. The molecule has 1 aromatic heterocycles. The highest BCUT2D eigenvalue weighted by Crippen LogP contribution is 2.41. The molecule has 1 aliphatic heterocycles. The molecule has 29 heavy (non-hydrogen) atoms. The van der Waals surface area contributed by atoms with Crippen molar-refractivity contribution in [1.29, 1.82) is 0 Å². The Balaban J connectivity index is 1.81. The van der Waals surface area contributed by atoms with Crippen LogP contribution in [0, 0.1) is 5.82 Å². The minimum Gasteiger partial charge on any atom is -0.507 e. The molecule has 1 aliphatic rings. The summed E-state index contributed by atoms with van der Waals surface area (Å²) in [5, 5.41) is 13.2. The summed E-state index contributed by atoms with van der Waals surface area (Å²) in [6.45, 7) is 0.116. The molecule has 0 radical (unpaired) electrons. The van der Waals surface area contributed by atoms with Crippen molar-refractivity contribution in [2.75, 3.05) is 0 Å². The highest BCUT2D eigenvalue weighted by atomic mass is 35.5. The SMILES string of the molecule is O=C1C(=O)N(Cc2ccc(F)cc2)C(c2cccs2)/C1=C(/O)c1ccc(Cl)cc1. The summed E-state index contributed by atoms with van der Waals surface area (Å²) in [5.74, 6) is -2.09. The number of benzene rings is 2. The Bertz CT molecular complexity index is 1090. The predicted octanol–water partition coefficient (Wildman–Crippen LogP) is 5.16. The van der Waals surface area contributed by atoms with Crippen LogP contribution in [0.1, 0.15) is 22.0 Å². The molecule has 1 fully saturated rings. The lowest BCUT2D eigenvalue weighted by atomic mass is 10.00. The standard InChI is InChI=1S/C22H15ClFNO3S/c23-15-7-5-14(6-8-15)20(26)18-19(17-2-1-11-29-17)25(22(28)21(18)27)12-13-3-9-16(24)10-4-13/h1-11,19,26H,12H2/b20-18-. The van der Waals surface area contributed by atoms with E-state index in [9.17, 15) is 19.1 Å². The number of hydrogen-bond acceptors (Lipinski definition) is 4. The van der Waals surface area contributed by atoms with Crippen LogP contribution in [-0.2, 0) is 16.1 Å². The molecular weight excluding hydrogens is 413 g/mol. The number of halogens is 2. The minimum atomic E-state index is -0.752. The number of amides is 1. The average molecular weight is 428 g/mol. The van der Waals surface area contributed by atoms with Gasteiger partial charge in [-0.05, 0) is 53.4 Å². The second-order valence-electron chi connectivity index (χ2n) is 6.58. The summed E-state index contributed by atoms with van der Waals surface area (Å²) in [5.41, 5.74) is 1.11. The van der Waals surface area contributed by atoms with Gasteiger partial charge in [-0.15, -0.1) is 11.3 Å². The number of rotatable bonds is 4. The highest BCUT2D eigenvalue weighted by Gasteiger charge is 2.46. The maximum absolute atomic E-state index is 13.2. The topological polar surface area (TPSA) is 57.6 Å². The Morgan fingerprint density at radius 1 is 1.07 bits per heavy atom. The van der Waals surface area contributed by atoms with Crippen molar-refractivity contribution in [2.24, 2.45) is 0 Å². The van der Waals surface area contributed by atoms with Gasteiger partial charge in [0.1, 0.15) is 11.6 Å². The van der Waals surface area contributed by atoms with E-state index >= 15 is 0 Å². The Morgan fingerprint density at radius 3 is 2.38 bits per heavy atom. The van der Waals surface area contributed by atoms with E-state index in [4.69, 9.17) is 11.6 Å². The summed E-state index contributed by atoms with van der Waals surface area (Å²) < 4.78 is 13.2. The van der Waals surface area contributed by atoms with E-state index in [0.29, 0.717) is 16.1 Å². The largest absolute Gasteiger partial charge is 0.507 e. The Labute approximate surface area is 175 Å². The average Bonchev–Trinajstić information content (AvgIpc) is 3.32. The molecule has 1 amide bonds. The van der Waals surface area contributed by atoms with Crippen LogP contribution < -0.4 is 0 Å². The van der Waals surface area contributed by atoms with Gasteiger partial charge >= 0.3 is 0 Å². The maximum Gasteiger partial charge on any atom is 0.295 e. The molecule has 0 spiro atoms. The lowest BCUT2D eigenvalue weighted by molar-refractivity contribution is -0.140. The number of nitrogens with zero attached hydrogens (tertiary/aromatic N) is 1. The molecule has 0 saturated carbocycles. The fraction of sp³-hybridized carbons (Fsp3) is 0.0909. The van der Waals surface area contributed by atoms with Crippen molar-refractivity contribution in [3.8, 4) is 0 Å². The molecule has 1 atom stereocenters. The van der Waals surface area contributed by atoms with E-state index in [1.54, 1.807) is 36.4 Å². The zero-order valence-corrected chi connectivity index (χ0v) is 16.6. The van der Waals surface area contributed by atoms with Gasteiger partial charge in [-0.3, -0.25) is 9.59 Å². The molecule has 3 aromatic rings. The number of carbonyl (C=O) groups is 2. The number of carbonyl (C=O) groups excluding carboxylic acids is 2. The first-order valence-electron chi connectivity index (χ1n) is 8.78. The van der Waals surface area contributed by atoms with E-state index in [-0.39, 0.29) is 23.7 Å². The number of Topliss-reactive ketones (excluding diaryl/α,β-unsaturated/α-hetero) is 1. The van der Waals surface area contributed by atoms with Crippen LogP contribution in [0.5, 0.6) is 0 Å². The Hall–Kier alpha value is -2.96. The molecule has 7 heteroatoms. The molecule has 1 unspecified atom stereocenters. The highest BCUT2D eigenvalue weighted by molar-refractivity contribution is 7.10. The zero-order valence-electron chi connectivity index (χ0n) is 15.0. The van der Waals surface area contributed by atoms with Crippen molar-refractivity contribution in [3.63, 3.8) is 0 Å². The summed E-state index contributed by atoms with van der Waals surface area (Å²) in [7, 11) is 0. The van der Waals surface area contributed by atoms with Gasteiger partial charge in [0.15, 0.2) is 0 Å². The van der Waals surface area contributed by atoms with Gasteiger partial charge in [0.2, 0.25) is 0 Å². The number of aliphatic hydroxyl groups excluding tert-OH is 1. The van der Waals surface area contributed by atoms with Crippen LogP contribution >= 0.6 is 22.9 Å². The second kappa shape index (κ2) is 7.81. The van der Waals surface area contributed by atoms with Gasteiger partial charge < -0.3 is 10.0 Å². The van der Waals surface area contributed by atoms with Crippen LogP contribution in [0.25, 0.3) is 5.76 Å². The molecule has 4 rings (SSSR count). The maximum atomic E-state index is 13.2. The van der Waals surface area contributed by atoms with E-state index < -0.39 is 17.7 Å². The van der Waals surface area contributed by atoms with Gasteiger partial charge in [-0.2, -0.15) is 0 Å². The number of ketones is 1. The quantitative estimate of drug-likeness (QED) is 0.355.